The lowest BCUT2D eigenvalue weighted by Crippen LogP contribution is -2.41. The molecule has 0 bridgehead atoms. The molecule has 0 radical (unpaired) electrons. The zero-order valence-electron chi connectivity index (χ0n) is 8.17. The molecule has 3 heteroatoms. The second-order valence-electron chi connectivity index (χ2n) is 3.74. The lowest BCUT2D eigenvalue weighted by atomic mass is 9.79. The Hall–Kier alpha value is -0.830. The number of carbonyl (C=O) groups is 1. The Labute approximate surface area is 78.4 Å². The number of allylic oxidation sites excluding steroid dienone is 1. The van der Waals surface area contributed by atoms with Gasteiger partial charge in [0.15, 0.2) is 0 Å². The van der Waals surface area contributed by atoms with Gasteiger partial charge in [-0.1, -0.05) is 13.0 Å². The Bertz CT molecular complexity index is 221. The highest BCUT2D eigenvalue weighted by atomic mass is 16.5. The summed E-state index contributed by atoms with van der Waals surface area (Å²) in [6.07, 6.45) is 3.67. The Balaban J connectivity index is 2.48. The molecule has 1 aliphatic heterocycles. The summed E-state index contributed by atoms with van der Waals surface area (Å²) in [5.41, 5.74) is 0.649. The highest BCUT2D eigenvalue weighted by Crippen LogP contribution is 2.35. The minimum atomic E-state index is -0.827. The maximum absolute atomic E-state index is 10.5. The minimum absolute atomic E-state index is 0.219. The van der Waals surface area contributed by atoms with Gasteiger partial charge in [-0.2, -0.15) is 0 Å². The predicted molar refractivity (Wildman–Crippen MR) is 49.6 cm³/mol. The van der Waals surface area contributed by atoms with Gasteiger partial charge >= 0.3 is 5.97 Å². The molecule has 0 amide bonds. The van der Waals surface area contributed by atoms with E-state index in [1.807, 2.05) is 0 Å². The fraction of sp³-hybridized carbons (Fsp3) is 0.700. The maximum atomic E-state index is 10.5. The van der Waals surface area contributed by atoms with Gasteiger partial charge in [0.2, 0.25) is 0 Å². The second kappa shape index (κ2) is 3.92. The first kappa shape index (κ1) is 10.3. The van der Waals surface area contributed by atoms with Gasteiger partial charge in [0.1, 0.15) is 0 Å². The summed E-state index contributed by atoms with van der Waals surface area (Å²) in [6.45, 7) is 5.29. The van der Waals surface area contributed by atoms with Crippen molar-refractivity contribution in [2.45, 2.75) is 26.7 Å². The Kier molecular flexibility index (Phi) is 3.09. The van der Waals surface area contributed by atoms with Crippen LogP contribution in [0.4, 0.5) is 0 Å². The second-order valence-corrected chi connectivity index (χ2v) is 3.74. The first-order valence-electron chi connectivity index (χ1n) is 4.57. The number of hydrogen-bond acceptors (Lipinski definition) is 2. The molecule has 0 spiro atoms. The van der Waals surface area contributed by atoms with Crippen molar-refractivity contribution in [3.8, 4) is 0 Å². The maximum Gasteiger partial charge on any atom is 0.330 e. The molecule has 3 nitrogen and oxygen atoms in total. The molecule has 1 fully saturated rings. The molecule has 13 heavy (non-hydrogen) atoms. The third kappa shape index (κ3) is 2.31. The molecular formula is C10H16O3. The van der Waals surface area contributed by atoms with Crippen LogP contribution in [0.1, 0.15) is 26.7 Å². The molecule has 1 saturated heterocycles. The van der Waals surface area contributed by atoms with Crippen LogP contribution < -0.4 is 0 Å². The van der Waals surface area contributed by atoms with Gasteiger partial charge in [-0.05, 0) is 19.8 Å². The monoisotopic (exact) mass is 184 g/mol. The quantitative estimate of drug-likeness (QED) is 0.678. The van der Waals surface area contributed by atoms with Crippen LogP contribution in [0.5, 0.6) is 0 Å². The average Bonchev–Trinajstić information content (AvgIpc) is 2.02. The summed E-state index contributed by atoms with van der Waals surface area (Å²) in [6, 6.07) is 0. The molecule has 0 aromatic carbocycles. The highest BCUT2D eigenvalue weighted by molar-refractivity contribution is 5.85. The summed E-state index contributed by atoms with van der Waals surface area (Å²) in [4.78, 5) is 10.5. The third-order valence-electron chi connectivity index (χ3n) is 2.75. The molecule has 0 aromatic heterocycles. The Morgan fingerprint density at radius 1 is 1.62 bits per heavy atom. The SMILES string of the molecule is CCC1(CC=C(C)C(=O)O)COC1. The Morgan fingerprint density at radius 3 is 2.54 bits per heavy atom. The fourth-order valence-electron chi connectivity index (χ4n) is 1.31. The van der Waals surface area contributed by atoms with E-state index in [0.29, 0.717) is 5.57 Å². The Morgan fingerprint density at radius 2 is 2.23 bits per heavy atom. The van der Waals surface area contributed by atoms with E-state index < -0.39 is 5.97 Å². The molecule has 1 rings (SSSR count). The van der Waals surface area contributed by atoms with Crippen LogP contribution in [0, 0.1) is 5.41 Å². The molecular weight excluding hydrogens is 168 g/mol. The first-order valence-corrected chi connectivity index (χ1v) is 4.57. The number of carboxylic acid groups (broad SMARTS) is 1. The summed E-state index contributed by atoms with van der Waals surface area (Å²) in [5, 5.41) is 8.64. The van der Waals surface area contributed by atoms with Gasteiger partial charge in [0.05, 0.1) is 13.2 Å². The minimum Gasteiger partial charge on any atom is -0.478 e. The molecule has 1 heterocycles. The smallest absolute Gasteiger partial charge is 0.330 e. The van der Waals surface area contributed by atoms with Gasteiger partial charge in [-0.3, -0.25) is 0 Å². The molecule has 0 aliphatic carbocycles. The van der Waals surface area contributed by atoms with Crippen molar-refractivity contribution in [3.63, 3.8) is 0 Å². The van der Waals surface area contributed by atoms with Crippen LogP contribution in [0.25, 0.3) is 0 Å². The van der Waals surface area contributed by atoms with Gasteiger partial charge in [-0.25, -0.2) is 4.79 Å². The van der Waals surface area contributed by atoms with E-state index in [9.17, 15) is 4.79 Å². The van der Waals surface area contributed by atoms with E-state index >= 15 is 0 Å². The van der Waals surface area contributed by atoms with Crippen LogP contribution in [-0.2, 0) is 9.53 Å². The number of rotatable bonds is 4. The summed E-state index contributed by atoms with van der Waals surface area (Å²) >= 11 is 0. The van der Waals surface area contributed by atoms with E-state index in [4.69, 9.17) is 9.84 Å². The zero-order valence-corrected chi connectivity index (χ0v) is 8.17. The number of ether oxygens (including phenoxy) is 1. The number of hydrogen-bond donors (Lipinski definition) is 1. The molecule has 0 saturated carbocycles. The summed E-state index contributed by atoms with van der Waals surface area (Å²) in [7, 11) is 0. The van der Waals surface area contributed by atoms with E-state index in [1.54, 1.807) is 13.0 Å². The molecule has 1 aliphatic rings. The van der Waals surface area contributed by atoms with Crippen LogP contribution in [-0.4, -0.2) is 24.3 Å². The first-order chi connectivity index (χ1) is 6.09. The van der Waals surface area contributed by atoms with Gasteiger partial charge in [-0.15, -0.1) is 0 Å². The van der Waals surface area contributed by atoms with Crippen molar-refractivity contribution in [2.24, 2.45) is 5.41 Å². The lowest BCUT2D eigenvalue weighted by molar-refractivity contribution is -0.132. The van der Waals surface area contributed by atoms with Gasteiger partial charge in [0, 0.05) is 11.0 Å². The zero-order chi connectivity index (χ0) is 9.90. The van der Waals surface area contributed by atoms with E-state index in [2.05, 4.69) is 6.92 Å². The third-order valence-corrected chi connectivity index (χ3v) is 2.75. The molecule has 0 unspecified atom stereocenters. The number of aliphatic carboxylic acids is 1. The van der Waals surface area contributed by atoms with Crippen molar-refractivity contribution in [1.29, 1.82) is 0 Å². The average molecular weight is 184 g/mol. The van der Waals surface area contributed by atoms with E-state index in [-0.39, 0.29) is 5.41 Å². The van der Waals surface area contributed by atoms with Crippen molar-refractivity contribution in [1.82, 2.24) is 0 Å². The normalized spacial score (nSPS) is 20.9. The predicted octanol–water partition coefficient (Wildman–Crippen LogP) is 1.83. The van der Waals surface area contributed by atoms with Crippen molar-refractivity contribution >= 4 is 5.97 Å². The summed E-state index contributed by atoms with van der Waals surface area (Å²) in [5.74, 6) is -0.827. The molecule has 74 valence electrons. The lowest BCUT2D eigenvalue weighted by Gasteiger charge is -2.40. The van der Waals surface area contributed by atoms with Crippen LogP contribution in [0.3, 0.4) is 0 Å². The van der Waals surface area contributed by atoms with E-state index in [0.717, 1.165) is 26.1 Å². The highest BCUT2D eigenvalue weighted by Gasteiger charge is 2.35. The fourth-order valence-corrected chi connectivity index (χ4v) is 1.31. The van der Waals surface area contributed by atoms with E-state index in [1.165, 1.54) is 0 Å². The van der Waals surface area contributed by atoms with Crippen molar-refractivity contribution in [3.05, 3.63) is 11.6 Å². The van der Waals surface area contributed by atoms with Crippen LogP contribution >= 0.6 is 0 Å². The molecule has 0 atom stereocenters. The van der Waals surface area contributed by atoms with Crippen LogP contribution in [0.2, 0.25) is 0 Å². The van der Waals surface area contributed by atoms with Crippen molar-refractivity contribution in [2.75, 3.05) is 13.2 Å². The summed E-state index contributed by atoms with van der Waals surface area (Å²) < 4.78 is 5.15. The number of carboxylic acids is 1. The standard InChI is InChI=1S/C10H16O3/c1-3-10(6-13-7-10)5-4-8(2)9(11)12/h4H,3,5-7H2,1-2H3,(H,11,12). The van der Waals surface area contributed by atoms with Crippen molar-refractivity contribution < 1.29 is 14.6 Å². The molecule has 0 aromatic rings. The van der Waals surface area contributed by atoms with Gasteiger partial charge < -0.3 is 9.84 Å². The molecule has 1 N–H and O–H groups in total. The van der Waals surface area contributed by atoms with Gasteiger partial charge in [0.25, 0.3) is 0 Å². The topological polar surface area (TPSA) is 46.5 Å². The largest absolute Gasteiger partial charge is 0.478 e. The van der Waals surface area contributed by atoms with Crippen LogP contribution in [0.15, 0.2) is 11.6 Å².